The van der Waals surface area contributed by atoms with Crippen LogP contribution in [0.25, 0.3) is 0 Å². The summed E-state index contributed by atoms with van der Waals surface area (Å²) < 4.78 is 0. The van der Waals surface area contributed by atoms with Crippen LogP contribution in [0.5, 0.6) is 0 Å². The first-order valence-corrected chi connectivity index (χ1v) is 8.10. The Balaban J connectivity index is 1.63. The summed E-state index contributed by atoms with van der Waals surface area (Å²) in [4.78, 5) is 12.3. The van der Waals surface area contributed by atoms with E-state index in [4.69, 9.17) is 0 Å². The number of hydrogen-bond acceptors (Lipinski definition) is 1. The van der Waals surface area contributed by atoms with E-state index in [0.717, 1.165) is 37.0 Å². The smallest absolute Gasteiger partial charge is 0.133 e. The summed E-state index contributed by atoms with van der Waals surface area (Å²) in [6, 6.07) is 0. The van der Waals surface area contributed by atoms with Crippen molar-refractivity contribution in [1.29, 1.82) is 0 Å². The van der Waals surface area contributed by atoms with E-state index in [0.29, 0.717) is 17.1 Å². The highest BCUT2D eigenvalue weighted by molar-refractivity contribution is 5.79. The number of hydrogen-bond donors (Lipinski definition) is 0. The third kappa shape index (κ3) is 2.38. The van der Waals surface area contributed by atoms with E-state index in [1.54, 1.807) is 0 Å². The quantitative estimate of drug-likeness (QED) is 0.695. The van der Waals surface area contributed by atoms with Crippen molar-refractivity contribution in [2.75, 3.05) is 0 Å². The van der Waals surface area contributed by atoms with Gasteiger partial charge in [-0.25, -0.2) is 0 Å². The van der Waals surface area contributed by atoms with E-state index in [1.165, 1.54) is 38.5 Å². The molecule has 0 aromatic rings. The summed E-state index contributed by atoms with van der Waals surface area (Å²) in [7, 11) is 0. The van der Waals surface area contributed by atoms with Crippen molar-refractivity contribution >= 4 is 5.78 Å². The highest BCUT2D eigenvalue weighted by Gasteiger charge is 2.51. The maximum atomic E-state index is 12.3. The summed E-state index contributed by atoms with van der Waals surface area (Å²) in [6.45, 7) is 4.42. The fourth-order valence-corrected chi connectivity index (χ4v) is 5.53. The number of carbonyl (C=O) groups excluding carboxylic acids is 1. The zero-order valence-electron chi connectivity index (χ0n) is 12.1. The molecule has 4 aliphatic carbocycles. The van der Waals surface area contributed by atoms with Crippen molar-refractivity contribution < 1.29 is 4.79 Å². The average molecular weight is 248 g/mol. The molecule has 1 atom stereocenters. The molecule has 0 aromatic heterocycles. The Kier molecular flexibility index (Phi) is 3.28. The van der Waals surface area contributed by atoms with Crippen molar-refractivity contribution in [3.8, 4) is 0 Å². The third-order valence-electron chi connectivity index (χ3n) is 6.01. The van der Waals surface area contributed by atoms with Crippen molar-refractivity contribution in [2.45, 2.75) is 71.6 Å². The molecule has 0 saturated heterocycles. The SMILES string of the molecule is CCC(C)CC(=O)CC12CC3CC(CC(C3)C1)C2. The first-order chi connectivity index (χ1) is 8.58. The molecule has 0 radical (unpaired) electrons. The standard InChI is InChI=1S/C17H28O/c1-3-12(2)4-16(18)11-17-8-13-5-14(9-17)7-15(6-13)10-17/h12-15H,3-11H2,1-2H3. The molecule has 4 aliphatic rings. The van der Waals surface area contributed by atoms with E-state index < -0.39 is 0 Å². The van der Waals surface area contributed by atoms with Crippen LogP contribution in [0.4, 0.5) is 0 Å². The van der Waals surface area contributed by atoms with Crippen LogP contribution in [0.2, 0.25) is 0 Å². The number of carbonyl (C=O) groups is 1. The Morgan fingerprint density at radius 3 is 2.06 bits per heavy atom. The fraction of sp³-hybridized carbons (Fsp3) is 0.941. The lowest BCUT2D eigenvalue weighted by molar-refractivity contribution is -0.128. The van der Waals surface area contributed by atoms with E-state index in [1.807, 2.05) is 0 Å². The van der Waals surface area contributed by atoms with Gasteiger partial charge in [0.1, 0.15) is 5.78 Å². The maximum absolute atomic E-state index is 12.3. The monoisotopic (exact) mass is 248 g/mol. The molecule has 1 nitrogen and oxygen atoms in total. The van der Waals surface area contributed by atoms with Crippen LogP contribution < -0.4 is 0 Å². The highest BCUT2D eigenvalue weighted by Crippen LogP contribution is 2.61. The first kappa shape index (κ1) is 12.7. The van der Waals surface area contributed by atoms with Crippen LogP contribution in [0.15, 0.2) is 0 Å². The molecule has 0 spiro atoms. The van der Waals surface area contributed by atoms with Crippen molar-refractivity contribution in [3.63, 3.8) is 0 Å². The van der Waals surface area contributed by atoms with Gasteiger partial charge < -0.3 is 0 Å². The number of rotatable bonds is 5. The second-order valence-corrected chi connectivity index (χ2v) is 7.85. The topological polar surface area (TPSA) is 17.1 Å². The fourth-order valence-electron chi connectivity index (χ4n) is 5.53. The molecule has 1 unspecified atom stereocenters. The van der Waals surface area contributed by atoms with Gasteiger partial charge in [-0.05, 0) is 67.6 Å². The maximum Gasteiger partial charge on any atom is 0.133 e. The van der Waals surface area contributed by atoms with Crippen LogP contribution in [0.3, 0.4) is 0 Å². The van der Waals surface area contributed by atoms with E-state index in [-0.39, 0.29) is 0 Å². The second-order valence-electron chi connectivity index (χ2n) is 7.85. The predicted molar refractivity (Wildman–Crippen MR) is 74.3 cm³/mol. The molecule has 0 aromatic carbocycles. The van der Waals surface area contributed by atoms with Crippen LogP contribution in [-0.4, -0.2) is 5.78 Å². The molecular formula is C17H28O. The minimum absolute atomic E-state index is 0.458. The molecule has 4 bridgehead atoms. The van der Waals surface area contributed by atoms with Gasteiger partial charge in [-0.2, -0.15) is 0 Å². The Hall–Kier alpha value is -0.330. The largest absolute Gasteiger partial charge is 0.300 e. The molecule has 0 N–H and O–H groups in total. The molecule has 4 rings (SSSR count). The van der Waals surface area contributed by atoms with Gasteiger partial charge >= 0.3 is 0 Å². The van der Waals surface area contributed by atoms with E-state index in [9.17, 15) is 4.79 Å². The summed E-state index contributed by atoms with van der Waals surface area (Å²) in [5, 5.41) is 0. The van der Waals surface area contributed by atoms with Gasteiger partial charge in [0.05, 0.1) is 0 Å². The Labute approximate surface area is 112 Å². The van der Waals surface area contributed by atoms with Crippen molar-refractivity contribution in [3.05, 3.63) is 0 Å². The minimum Gasteiger partial charge on any atom is -0.300 e. The van der Waals surface area contributed by atoms with Crippen LogP contribution in [-0.2, 0) is 4.79 Å². The Bertz CT molecular complexity index is 295. The van der Waals surface area contributed by atoms with E-state index in [2.05, 4.69) is 13.8 Å². The Morgan fingerprint density at radius 1 is 1.11 bits per heavy atom. The van der Waals surface area contributed by atoms with Crippen LogP contribution in [0.1, 0.15) is 71.6 Å². The lowest BCUT2D eigenvalue weighted by Gasteiger charge is -2.56. The normalized spacial score (nSPS) is 43.1. The molecule has 0 amide bonds. The zero-order chi connectivity index (χ0) is 12.8. The lowest BCUT2D eigenvalue weighted by atomic mass is 9.48. The molecule has 4 saturated carbocycles. The van der Waals surface area contributed by atoms with E-state index >= 15 is 0 Å². The molecule has 18 heavy (non-hydrogen) atoms. The van der Waals surface area contributed by atoms with Crippen molar-refractivity contribution in [1.82, 2.24) is 0 Å². The van der Waals surface area contributed by atoms with Crippen LogP contribution >= 0.6 is 0 Å². The molecule has 0 heterocycles. The second kappa shape index (κ2) is 4.65. The van der Waals surface area contributed by atoms with Gasteiger partial charge in [0.15, 0.2) is 0 Å². The summed E-state index contributed by atoms with van der Waals surface area (Å²) in [6.07, 6.45) is 11.5. The first-order valence-electron chi connectivity index (χ1n) is 8.10. The van der Waals surface area contributed by atoms with Gasteiger partial charge in [-0.1, -0.05) is 20.3 Å². The number of Topliss-reactive ketones (excluding diaryl/α,β-unsaturated/α-hetero) is 1. The van der Waals surface area contributed by atoms with Gasteiger partial charge in [0.2, 0.25) is 0 Å². The number of ketones is 1. The van der Waals surface area contributed by atoms with Crippen molar-refractivity contribution in [2.24, 2.45) is 29.1 Å². The summed E-state index contributed by atoms with van der Waals surface area (Å²) in [5.74, 6) is 4.09. The Morgan fingerprint density at radius 2 is 1.61 bits per heavy atom. The van der Waals surface area contributed by atoms with Crippen LogP contribution in [0, 0.1) is 29.1 Å². The van der Waals surface area contributed by atoms with Gasteiger partial charge in [-0.15, -0.1) is 0 Å². The van der Waals surface area contributed by atoms with Gasteiger partial charge in [0.25, 0.3) is 0 Å². The summed E-state index contributed by atoms with van der Waals surface area (Å²) >= 11 is 0. The third-order valence-corrected chi connectivity index (χ3v) is 6.01. The minimum atomic E-state index is 0.458. The average Bonchev–Trinajstić information content (AvgIpc) is 2.25. The molecule has 4 fully saturated rings. The zero-order valence-corrected chi connectivity index (χ0v) is 12.1. The van der Waals surface area contributed by atoms with Gasteiger partial charge in [-0.3, -0.25) is 4.79 Å². The lowest BCUT2D eigenvalue weighted by Crippen LogP contribution is -2.46. The molecular weight excluding hydrogens is 220 g/mol. The molecule has 1 heteroatoms. The molecule has 0 aliphatic heterocycles. The highest BCUT2D eigenvalue weighted by atomic mass is 16.1. The molecule has 102 valence electrons. The van der Waals surface area contributed by atoms with Gasteiger partial charge in [0, 0.05) is 12.8 Å². The summed E-state index contributed by atoms with van der Waals surface area (Å²) in [5.41, 5.74) is 0.458. The predicted octanol–water partition coefficient (Wildman–Crippen LogP) is 4.60.